The number of hydrogen-bond donors (Lipinski definition) is 4. The first-order chi connectivity index (χ1) is 28.1. The second-order valence-electron chi connectivity index (χ2n) is 14.3. The van der Waals surface area contributed by atoms with Crippen molar-refractivity contribution in [2.75, 3.05) is 22.9 Å². The van der Waals surface area contributed by atoms with Crippen LogP contribution < -0.4 is 22.9 Å². The maximum absolute atomic E-state index is 7.14. The lowest BCUT2D eigenvalue weighted by molar-refractivity contribution is 0.695. The summed E-state index contributed by atoms with van der Waals surface area (Å²) >= 11 is 28.5. The van der Waals surface area contributed by atoms with Crippen LogP contribution in [0.3, 0.4) is 0 Å². The summed E-state index contributed by atoms with van der Waals surface area (Å²) in [5.41, 5.74) is 39.3. The van der Waals surface area contributed by atoms with E-state index in [4.69, 9.17) is 69.3 Å². The van der Waals surface area contributed by atoms with Gasteiger partial charge >= 0.3 is 0 Å². The summed E-state index contributed by atoms with van der Waals surface area (Å²) in [4.78, 5) is 0. The lowest BCUT2D eigenvalue weighted by Crippen LogP contribution is -2.17. The van der Waals surface area contributed by atoms with E-state index < -0.39 is 11.8 Å². The molecule has 58 heavy (non-hydrogen) atoms. The van der Waals surface area contributed by atoms with Crippen molar-refractivity contribution in [1.82, 2.24) is 0 Å². The topological polar surface area (TPSA) is 104 Å². The summed E-state index contributed by atoms with van der Waals surface area (Å²) < 4.78 is 0. The summed E-state index contributed by atoms with van der Waals surface area (Å²) in [5, 5.41) is 1.63. The van der Waals surface area contributed by atoms with Crippen LogP contribution in [0.4, 0.5) is 22.7 Å². The van der Waals surface area contributed by atoms with Crippen LogP contribution in [0.25, 0.3) is 44.5 Å². The average Bonchev–Trinajstić information content (AvgIpc) is 3.25. The van der Waals surface area contributed by atoms with Crippen LogP contribution in [-0.2, 0) is 0 Å². The van der Waals surface area contributed by atoms with Crippen molar-refractivity contribution in [2.45, 2.75) is 11.8 Å². The van der Waals surface area contributed by atoms with E-state index in [1.807, 2.05) is 146 Å². The Kier molecular flexibility index (Phi) is 11.1. The van der Waals surface area contributed by atoms with Gasteiger partial charge in [0, 0.05) is 34.1 Å². The smallest absolute Gasteiger partial charge is 0.0644 e. The summed E-state index contributed by atoms with van der Waals surface area (Å²) in [6.07, 6.45) is 0. The first kappa shape index (κ1) is 39.0. The van der Waals surface area contributed by atoms with Crippen molar-refractivity contribution < 1.29 is 0 Å². The van der Waals surface area contributed by atoms with Crippen LogP contribution in [0.5, 0.6) is 0 Å². The van der Waals surface area contributed by atoms with Gasteiger partial charge in [-0.15, -0.1) is 0 Å². The van der Waals surface area contributed by atoms with Crippen molar-refractivity contribution in [2.24, 2.45) is 0 Å². The predicted molar refractivity (Wildman–Crippen MR) is 249 cm³/mol. The molecule has 0 radical (unpaired) electrons. The van der Waals surface area contributed by atoms with Gasteiger partial charge in [0.05, 0.1) is 42.8 Å². The standard InChI is InChI=1S/C50H38Cl4N4/c51-41-25-33(21-37(47(41)55)29-13-5-1-6-14-29)45(34-22-38(48(56)42(52)26-34)30-15-7-2-8-16-30)46(35-23-39(49(57)43(53)27-35)31-17-9-3-10-18-31)36-24-40(50(58)44(54)28-36)32-19-11-4-12-20-32/h1-28,45-46H,55-58H2. The number of nitrogens with two attached hydrogens (primary N) is 4. The van der Waals surface area contributed by atoms with Gasteiger partial charge < -0.3 is 22.9 Å². The van der Waals surface area contributed by atoms with Crippen molar-refractivity contribution in [3.05, 3.63) is 212 Å². The number of nitrogen functional groups attached to an aromatic ring is 4. The van der Waals surface area contributed by atoms with E-state index in [2.05, 4.69) is 24.3 Å². The minimum absolute atomic E-state index is 0.408. The molecule has 0 fully saturated rings. The molecule has 0 aromatic heterocycles. The molecule has 0 spiro atoms. The maximum Gasteiger partial charge on any atom is 0.0644 e. The monoisotopic (exact) mass is 834 g/mol. The van der Waals surface area contributed by atoms with Gasteiger partial charge in [-0.25, -0.2) is 0 Å². The van der Waals surface area contributed by atoms with Gasteiger partial charge in [-0.05, 0) is 93.0 Å². The third kappa shape index (κ3) is 7.60. The number of benzene rings is 8. The van der Waals surface area contributed by atoms with Gasteiger partial charge in [-0.2, -0.15) is 0 Å². The molecule has 0 aliphatic heterocycles. The summed E-state index contributed by atoms with van der Waals surface area (Å²) in [6.45, 7) is 0. The SMILES string of the molecule is Nc1c(Cl)cc(C(c2cc(Cl)c(N)c(-c3ccccc3)c2)C(c2cc(Cl)c(N)c(-c3ccccc3)c2)c2cc(Cl)c(N)c(-c3ccccc3)c2)cc1-c1ccccc1. The number of rotatable bonds is 9. The highest BCUT2D eigenvalue weighted by molar-refractivity contribution is 6.35. The Morgan fingerprint density at radius 2 is 0.466 bits per heavy atom. The molecule has 8 heteroatoms. The summed E-state index contributed by atoms with van der Waals surface area (Å²) in [5.74, 6) is -0.986. The Morgan fingerprint density at radius 1 is 0.276 bits per heavy atom. The molecule has 0 unspecified atom stereocenters. The lowest BCUT2D eigenvalue weighted by Gasteiger charge is -2.32. The predicted octanol–water partition coefficient (Wildman–Crippen LogP) is 14.3. The molecule has 0 atom stereocenters. The fraction of sp³-hybridized carbons (Fsp3) is 0.0400. The third-order valence-electron chi connectivity index (χ3n) is 10.7. The molecule has 0 heterocycles. The highest BCUT2D eigenvalue weighted by Crippen LogP contribution is 2.51. The van der Waals surface area contributed by atoms with Gasteiger partial charge in [-0.3, -0.25) is 0 Å². The lowest BCUT2D eigenvalue weighted by atomic mass is 9.72. The normalized spacial score (nSPS) is 11.3. The van der Waals surface area contributed by atoms with Crippen molar-refractivity contribution >= 4 is 69.2 Å². The highest BCUT2D eigenvalue weighted by atomic mass is 35.5. The van der Waals surface area contributed by atoms with Gasteiger partial charge in [0.2, 0.25) is 0 Å². The van der Waals surface area contributed by atoms with Crippen molar-refractivity contribution in [1.29, 1.82) is 0 Å². The minimum Gasteiger partial charge on any atom is -0.397 e. The minimum atomic E-state index is -0.493. The van der Waals surface area contributed by atoms with E-state index in [9.17, 15) is 0 Å². The largest absolute Gasteiger partial charge is 0.397 e. The molecule has 8 rings (SSSR count). The molecule has 0 amide bonds. The number of anilines is 4. The first-order valence-corrected chi connectivity index (χ1v) is 20.2. The molecule has 8 aromatic rings. The molecule has 0 saturated heterocycles. The number of hydrogen-bond acceptors (Lipinski definition) is 4. The van der Waals surface area contributed by atoms with Crippen molar-refractivity contribution in [3.63, 3.8) is 0 Å². The molecule has 8 aromatic carbocycles. The molecule has 4 nitrogen and oxygen atoms in total. The Balaban J connectivity index is 1.50. The van der Waals surface area contributed by atoms with E-state index in [1.165, 1.54) is 0 Å². The Bertz CT molecular complexity index is 2380. The van der Waals surface area contributed by atoms with Crippen LogP contribution >= 0.6 is 46.4 Å². The Labute approximate surface area is 358 Å². The fourth-order valence-electron chi connectivity index (χ4n) is 7.85. The van der Waals surface area contributed by atoms with Gasteiger partial charge in [0.15, 0.2) is 0 Å². The summed E-state index contributed by atoms with van der Waals surface area (Å²) in [7, 11) is 0. The molecule has 286 valence electrons. The molecular formula is C50H38Cl4N4. The Morgan fingerprint density at radius 3 is 0.655 bits per heavy atom. The second-order valence-corrected chi connectivity index (χ2v) is 15.9. The van der Waals surface area contributed by atoms with Crippen LogP contribution in [0.2, 0.25) is 20.1 Å². The summed E-state index contributed by atoms with van der Waals surface area (Å²) in [6, 6.07) is 56.0. The zero-order chi connectivity index (χ0) is 40.5. The molecule has 0 saturated carbocycles. The van der Waals surface area contributed by atoms with Crippen LogP contribution in [0, 0.1) is 0 Å². The maximum atomic E-state index is 7.14. The molecule has 0 bridgehead atoms. The second kappa shape index (κ2) is 16.5. The zero-order valence-electron chi connectivity index (χ0n) is 31.1. The van der Waals surface area contributed by atoms with Crippen molar-refractivity contribution in [3.8, 4) is 44.5 Å². The van der Waals surface area contributed by atoms with Crippen LogP contribution in [-0.4, -0.2) is 0 Å². The van der Waals surface area contributed by atoms with Gasteiger partial charge in [-0.1, -0.05) is 168 Å². The highest BCUT2D eigenvalue weighted by Gasteiger charge is 2.33. The van der Waals surface area contributed by atoms with E-state index in [-0.39, 0.29) is 0 Å². The molecule has 8 N–H and O–H groups in total. The zero-order valence-corrected chi connectivity index (χ0v) is 34.2. The van der Waals surface area contributed by atoms with E-state index >= 15 is 0 Å². The third-order valence-corrected chi connectivity index (χ3v) is 12.0. The average molecular weight is 837 g/mol. The van der Waals surface area contributed by atoms with E-state index in [0.29, 0.717) is 42.8 Å². The number of halogens is 4. The van der Waals surface area contributed by atoms with Gasteiger partial charge in [0.25, 0.3) is 0 Å². The molecule has 0 aliphatic rings. The first-order valence-electron chi connectivity index (χ1n) is 18.7. The van der Waals surface area contributed by atoms with Crippen LogP contribution in [0.1, 0.15) is 34.1 Å². The van der Waals surface area contributed by atoms with Crippen LogP contribution in [0.15, 0.2) is 170 Å². The van der Waals surface area contributed by atoms with E-state index in [1.54, 1.807) is 0 Å². The van der Waals surface area contributed by atoms with E-state index in [0.717, 1.165) is 66.8 Å². The fourth-order valence-corrected chi connectivity index (χ4v) is 8.77. The molecule has 0 aliphatic carbocycles. The van der Waals surface area contributed by atoms with Gasteiger partial charge in [0.1, 0.15) is 0 Å². The Hall–Kier alpha value is -5.88. The quantitative estimate of drug-likeness (QED) is 0.109. The molecular weight excluding hydrogens is 798 g/mol.